The summed E-state index contributed by atoms with van der Waals surface area (Å²) in [4.78, 5) is 26.9. The highest BCUT2D eigenvalue weighted by molar-refractivity contribution is 5.70. The molecule has 1 aliphatic heterocycles. The summed E-state index contributed by atoms with van der Waals surface area (Å²) >= 11 is 0. The van der Waals surface area contributed by atoms with Gasteiger partial charge in [-0.25, -0.2) is 0 Å². The number of ether oxygens (including phenoxy) is 3. The minimum absolute atomic E-state index is 0.232. The zero-order valence-corrected chi connectivity index (χ0v) is 13.0. The minimum Gasteiger partial charge on any atom is -0.469 e. The summed E-state index contributed by atoms with van der Waals surface area (Å²) in [6.45, 7) is 6.31. The van der Waals surface area contributed by atoms with Gasteiger partial charge in [0.2, 0.25) is 0 Å². The Morgan fingerprint density at radius 3 is 2.00 bits per heavy atom. The first kappa shape index (κ1) is 17.9. The van der Waals surface area contributed by atoms with Gasteiger partial charge in [0.15, 0.2) is 0 Å². The van der Waals surface area contributed by atoms with Crippen molar-refractivity contribution in [3.63, 3.8) is 0 Å². The topological polar surface area (TPSA) is 68.3 Å². The van der Waals surface area contributed by atoms with Gasteiger partial charge in [0.1, 0.15) is 0 Å². The van der Waals surface area contributed by atoms with Gasteiger partial charge >= 0.3 is 11.9 Å². The Morgan fingerprint density at radius 1 is 1.00 bits per heavy atom. The molecule has 1 aliphatic rings. The molecule has 0 spiro atoms. The third kappa shape index (κ3) is 7.99. The third-order valence-electron chi connectivity index (χ3n) is 3.56. The molecule has 0 amide bonds. The van der Waals surface area contributed by atoms with E-state index < -0.39 is 0 Å². The van der Waals surface area contributed by atoms with Gasteiger partial charge in [-0.1, -0.05) is 0 Å². The molecule has 0 aromatic carbocycles. The lowest BCUT2D eigenvalue weighted by atomic mass is 10.3. The molecule has 1 heterocycles. The van der Waals surface area contributed by atoms with Crippen molar-refractivity contribution in [2.75, 3.05) is 66.7 Å². The molecule has 122 valence electrons. The molecule has 0 atom stereocenters. The van der Waals surface area contributed by atoms with Gasteiger partial charge in [-0.05, 0) is 0 Å². The molecule has 0 bridgehead atoms. The van der Waals surface area contributed by atoms with Crippen molar-refractivity contribution >= 4 is 11.9 Å². The number of esters is 2. The number of methoxy groups -OCH3 is 2. The van der Waals surface area contributed by atoms with E-state index in [0.717, 1.165) is 39.4 Å². The monoisotopic (exact) mass is 302 g/mol. The van der Waals surface area contributed by atoms with Crippen LogP contribution in [0.25, 0.3) is 0 Å². The van der Waals surface area contributed by atoms with Crippen LogP contribution in [0.15, 0.2) is 0 Å². The highest BCUT2D eigenvalue weighted by Crippen LogP contribution is 2.01. The fourth-order valence-electron chi connectivity index (χ4n) is 2.15. The first-order valence-corrected chi connectivity index (χ1v) is 7.31. The van der Waals surface area contributed by atoms with Gasteiger partial charge in [-0.2, -0.15) is 0 Å². The van der Waals surface area contributed by atoms with E-state index in [1.165, 1.54) is 14.2 Å². The van der Waals surface area contributed by atoms with Crippen LogP contribution in [0.2, 0.25) is 0 Å². The Morgan fingerprint density at radius 2 is 1.52 bits per heavy atom. The second-order valence-corrected chi connectivity index (χ2v) is 4.95. The number of carbonyl (C=O) groups excluding carboxylic acids is 2. The molecule has 0 saturated carbocycles. The van der Waals surface area contributed by atoms with E-state index >= 15 is 0 Å². The number of morpholine rings is 1. The van der Waals surface area contributed by atoms with Crippen LogP contribution in [0.3, 0.4) is 0 Å². The Kier molecular flexibility index (Phi) is 8.96. The Bertz CT molecular complexity index is 298. The average molecular weight is 302 g/mol. The van der Waals surface area contributed by atoms with Crippen LogP contribution in [0.4, 0.5) is 0 Å². The molecule has 0 aromatic heterocycles. The second kappa shape index (κ2) is 10.5. The summed E-state index contributed by atoms with van der Waals surface area (Å²) < 4.78 is 14.6. The SMILES string of the molecule is COC(=O)CCN(CCC(=O)OC)CCN1CCOCC1. The quantitative estimate of drug-likeness (QED) is 0.544. The molecule has 0 aromatic rings. The van der Waals surface area contributed by atoms with Crippen LogP contribution in [-0.4, -0.2) is 88.4 Å². The molecule has 1 rings (SSSR count). The van der Waals surface area contributed by atoms with Gasteiger partial charge in [-0.3, -0.25) is 14.5 Å². The van der Waals surface area contributed by atoms with Crippen molar-refractivity contribution in [1.82, 2.24) is 9.80 Å². The Hall–Kier alpha value is -1.18. The van der Waals surface area contributed by atoms with Gasteiger partial charge in [0, 0.05) is 39.3 Å². The van der Waals surface area contributed by atoms with Crippen LogP contribution in [-0.2, 0) is 23.8 Å². The van der Waals surface area contributed by atoms with Crippen molar-refractivity contribution in [3.8, 4) is 0 Å². The van der Waals surface area contributed by atoms with E-state index in [1.54, 1.807) is 0 Å². The molecule has 0 aliphatic carbocycles. The molecular formula is C14H26N2O5. The van der Waals surface area contributed by atoms with Crippen molar-refractivity contribution in [3.05, 3.63) is 0 Å². The van der Waals surface area contributed by atoms with Crippen molar-refractivity contribution in [1.29, 1.82) is 0 Å². The summed E-state index contributed by atoms with van der Waals surface area (Å²) in [5, 5.41) is 0. The summed E-state index contributed by atoms with van der Waals surface area (Å²) in [6, 6.07) is 0. The molecule has 0 radical (unpaired) electrons. The minimum atomic E-state index is -0.232. The van der Waals surface area contributed by atoms with E-state index in [9.17, 15) is 9.59 Å². The molecule has 7 nitrogen and oxygen atoms in total. The summed E-state index contributed by atoms with van der Waals surface area (Å²) in [5.74, 6) is -0.464. The number of nitrogens with zero attached hydrogens (tertiary/aromatic N) is 2. The molecule has 1 saturated heterocycles. The normalized spacial score (nSPS) is 16.0. The molecule has 1 fully saturated rings. The van der Waals surface area contributed by atoms with Crippen molar-refractivity contribution in [2.24, 2.45) is 0 Å². The van der Waals surface area contributed by atoms with Crippen molar-refractivity contribution < 1.29 is 23.8 Å². The van der Waals surface area contributed by atoms with Crippen LogP contribution >= 0.6 is 0 Å². The maximum absolute atomic E-state index is 11.2. The van der Waals surface area contributed by atoms with Gasteiger partial charge in [-0.15, -0.1) is 0 Å². The molecule has 0 unspecified atom stereocenters. The standard InChI is InChI=1S/C14H26N2O5/c1-19-13(17)3-5-15(6-4-14(18)20-2)7-8-16-9-11-21-12-10-16/h3-12H2,1-2H3. The maximum Gasteiger partial charge on any atom is 0.306 e. The van der Waals surface area contributed by atoms with Crippen LogP contribution < -0.4 is 0 Å². The van der Waals surface area contributed by atoms with E-state index in [2.05, 4.69) is 19.3 Å². The van der Waals surface area contributed by atoms with E-state index in [-0.39, 0.29) is 11.9 Å². The number of hydrogen-bond acceptors (Lipinski definition) is 7. The number of hydrogen-bond donors (Lipinski definition) is 0. The third-order valence-corrected chi connectivity index (χ3v) is 3.56. The zero-order valence-electron chi connectivity index (χ0n) is 13.0. The summed E-state index contributed by atoms with van der Waals surface area (Å²) in [5.41, 5.74) is 0. The molecule has 21 heavy (non-hydrogen) atoms. The average Bonchev–Trinajstić information content (AvgIpc) is 2.54. The van der Waals surface area contributed by atoms with E-state index in [0.29, 0.717) is 25.9 Å². The second-order valence-electron chi connectivity index (χ2n) is 4.95. The maximum atomic E-state index is 11.2. The zero-order chi connectivity index (χ0) is 15.5. The van der Waals surface area contributed by atoms with E-state index in [4.69, 9.17) is 4.74 Å². The lowest BCUT2D eigenvalue weighted by molar-refractivity contribution is -0.141. The predicted octanol–water partition coefficient (Wildman–Crippen LogP) is -0.253. The van der Waals surface area contributed by atoms with Crippen LogP contribution in [0, 0.1) is 0 Å². The predicted molar refractivity (Wildman–Crippen MR) is 77.0 cm³/mol. The highest BCUT2D eigenvalue weighted by atomic mass is 16.5. The highest BCUT2D eigenvalue weighted by Gasteiger charge is 2.14. The lowest BCUT2D eigenvalue weighted by Crippen LogP contribution is -2.42. The Balaban J connectivity index is 2.33. The Labute approximate surface area is 126 Å². The first-order valence-electron chi connectivity index (χ1n) is 7.31. The van der Waals surface area contributed by atoms with Crippen LogP contribution in [0.1, 0.15) is 12.8 Å². The first-order chi connectivity index (χ1) is 10.2. The number of carbonyl (C=O) groups is 2. The fraction of sp³-hybridized carbons (Fsp3) is 0.857. The molecular weight excluding hydrogens is 276 g/mol. The smallest absolute Gasteiger partial charge is 0.306 e. The van der Waals surface area contributed by atoms with Gasteiger partial charge < -0.3 is 19.1 Å². The number of rotatable bonds is 9. The summed E-state index contributed by atoms with van der Waals surface area (Å²) in [6.07, 6.45) is 0.668. The van der Waals surface area contributed by atoms with E-state index in [1.807, 2.05) is 0 Å². The lowest BCUT2D eigenvalue weighted by Gasteiger charge is -2.29. The molecule has 0 N–H and O–H groups in total. The molecule has 7 heteroatoms. The van der Waals surface area contributed by atoms with Crippen molar-refractivity contribution in [2.45, 2.75) is 12.8 Å². The summed E-state index contributed by atoms with van der Waals surface area (Å²) in [7, 11) is 2.77. The van der Waals surface area contributed by atoms with Gasteiger partial charge in [0.25, 0.3) is 0 Å². The van der Waals surface area contributed by atoms with Crippen LogP contribution in [0.5, 0.6) is 0 Å². The van der Waals surface area contributed by atoms with Gasteiger partial charge in [0.05, 0.1) is 40.3 Å². The largest absolute Gasteiger partial charge is 0.469 e. The fourth-order valence-corrected chi connectivity index (χ4v) is 2.15.